The summed E-state index contributed by atoms with van der Waals surface area (Å²) in [6.45, 7) is 1.22. The van der Waals surface area contributed by atoms with E-state index in [1.165, 1.54) is 5.56 Å². The number of ether oxygens (including phenoxy) is 1. The number of carbonyl (C=O) groups is 1. The first-order valence-corrected chi connectivity index (χ1v) is 6.17. The quantitative estimate of drug-likeness (QED) is 0.547. The molecule has 0 fully saturated rings. The van der Waals surface area contributed by atoms with E-state index in [2.05, 4.69) is 0 Å². The van der Waals surface area contributed by atoms with Gasteiger partial charge in [-0.1, -0.05) is 42.5 Å². The molecule has 18 heavy (non-hydrogen) atoms. The van der Waals surface area contributed by atoms with Crippen LogP contribution in [0.5, 0.6) is 0 Å². The Morgan fingerprint density at radius 1 is 1.22 bits per heavy atom. The van der Waals surface area contributed by atoms with Gasteiger partial charge in [-0.3, -0.25) is 4.79 Å². The number of hydrogen-bond acceptors (Lipinski definition) is 2. The molecule has 0 unspecified atom stereocenters. The summed E-state index contributed by atoms with van der Waals surface area (Å²) in [7, 11) is 3.55. The summed E-state index contributed by atoms with van der Waals surface area (Å²) in [5, 5.41) is 0. The third-order valence-electron chi connectivity index (χ3n) is 2.52. The molecule has 0 saturated heterocycles. The van der Waals surface area contributed by atoms with E-state index < -0.39 is 0 Å². The molecule has 0 saturated carbocycles. The molecule has 0 spiro atoms. The van der Waals surface area contributed by atoms with E-state index in [1.807, 2.05) is 42.5 Å². The highest BCUT2D eigenvalue weighted by atomic mass is 16.5. The van der Waals surface area contributed by atoms with E-state index in [1.54, 1.807) is 19.0 Å². The van der Waals surface area contributed by atoms with Crippen molar-refractivity contribution in [2.45, 2.75) is 19.4 Å². The van der Waals surface area contributed by atoms with Gasteiger partial charge in [0.25, 0.3) is 0 Å². The van der Waals surface area contributed by atoms with Crippen molar-refractivity contribution in [1.82, 2.24) is 4.90 Å². The van der Waals surface area contributed by atoms with Gasteiger partial charge in [-0.2, -0.15) is 0 Å². The van der Waals surface area contributed by atoms with E-state index in [0.29, 0.717) is 19.6 Å². The van der Waals surface area contributed by atoms with Crippen LogP contribution in [0.1, 0.15) is 18.4 Å². The number of allylic oxidation sites excluding steroid dienone is 1. The average molecular weight is 247 g/mol. The van der Waals surface area contributed by atoms with E-state index in [-0.39, 0.29) is 5.91 Å². The van der Waals surface area contributed by atoms with E-state index in [4.69, 9.17) is 4.74 Å². The van der Waals surface area contributed by atoms with Crippen molar-refractivity contribution in [3.05, 3.63) is 48.0 Å². The SMILES string of the molecule is CN(C)C(=O)CC/C=C/COCc1ccccc1. The average Bonchev–Trinajstić information content (AvgIpc) is 2.38. The predicted octanol–water partition coefficient (Wildman–Crippen LogP) is 2.63. The summed E-state index contributed by atoms with van der Waals surface area (Å²) in [6, 6.07) is 10.1. The molecule has 3 nitrogen and oxygen atoms in total. The molecule has 0 N–H and O–H groups in total. The smallest absolute Gasteiger partial charge is 0.222 e. The molecule has 1 amide bonds. The molecule has 0 atom stereocenters. The van der Waals surface area contributed by atoms with Gasteiger partial charge in [-0.25, -0.2) is 0 Å². The summed E-state index contributed by atoms with van der Waals surface area (Å²) < 4.78 is 5.49. The van der Waals surface area contributed by atoms with Gasteiger partial charge in [-0.15, -0.1) is 0 Å². The molecule has 0 aliphatic rings. The zero-order valence-corrected chi connectivity index (χ0v) is 11.1. The number of carbonyl (C=O) groups excluding carboxylic acids is 1. The minimum Gasteiger partial charge on any atom is -0.373 e. The summed E-state index contributed by atoms with van der Waals surface area (Å²) in [5.41, 5.74) is 1.17. The molecular weight excluding hydrogens is 226 g/mol. The molecule has 0 radical (unpaired) electrons. The van der Waals surface area contributed by atoms with Crippen LogP contribution in [0, 0.1) is 0 Å². The molecule has 98 valence electrons. The highest BCUT2D eigenvalue weighted by Crippen LogP contribution is 2.00. The van der Waals surface area contributed by atoms with Crippen LogP contribution in [0.4, 0.5) is 0 Å². The molecule has 0 bridgehead atoms. The monoisotopic (exact) mass is 247 g/mol. The van der Waals surface area contributed by atoms with Crippen LogP contribution in [0.2, 0.25) is 0 Å². The summed E-state index contributed by atoms with van der Waals surface area (Å²) in [4.78, 5) is 12.9. The minimum atomic E-state index is 0.157. The highest BCUT2D eigenvalue weighted by Gasteiger charge is 2.00. The van der Waals surface area contributed by atoms with Gasteiger partial charge in [0.05, 0.1) is 13.2 Å². The summed E-state index contributed by atoms with van der Waals surface area (Å²) in [6.07, 6.45) is 5.28. The molecule has 0 aliphatic carbocycles. The minimum absolute atomic E-state index is 0.157. The molecule has 1 aromatic rings. The summed E-state index contributed by atoms with van der Waals surface area (Å²) >= 11 is 0. The van der Waals surface area contributed by atoms with E-state index >= 15 is 0 Å². The van der Waals surface area contributed by atoms with Crippen LogP contribution in [-0.4, -0.2) is 31.5 Å². The molecule has 3 heteroatoms. The van der Waals surface area contributed by atoms with E-state index in [9.17, 15) is 4.79 Å². The Labute approximate surface area is 109 Å². The first kappa shape index (κ1) is 14.5. The molecule has 1 rings (SSSR count). The van der Waals surface area contributed by atoms with Crippen LogP contribution in [0.25, 0.3) is 0 Å². The first-order valence-electron chi connectivity index (χ1n) is 6.17. The standard InChI is InChI=1S/C15H21NO2/c1-16(2)15(17)11-7-4-8-12-18-13-14-9-5-3-6-10-14/h3-6,8-10H,7,11-13H2,1-2H3/b8-4+. The first-order chi connectivity index (χ1) is 8.70. The fraction of sp³-hybridized carbons (Fsp3) is 0.400. The van der Waals surface area contributed by atoms with Gasteiger partial charge in [-0.05, 0) is 12.0 Å². The Bertz CT molecular complexity index is 371. The Morgan fingerprint density at radius 3 is 2.61 bits per heavy atom. The van der Waals surface area contributed by atoms with Crippen LogP contribution < -0.4 is 0 Å². The van der Waals surface area contributed by atoms with Gasteiger partial charge in [0.15, 0.2) is 0 Å². The summed E-state index contributed by atoms with van der Waals surface area (Å²) in [5.74, 6) is 0.157. The second kappa shape index (κ2) is 8.48. The fourth-order valence-electron chi connectivity index (χ4n) is 1.44. The maximum absolute atomic E-state index is 11.3. The predicted molar refractivity (Wildman–Crippen MR) is 73.2 cm³/mol. The van der Waals surface area contributed by atoms with Crippen molar-refractivity contribution in [2.24, 2.45) is 0 Å². The topological polar surface area (TPSA) is 29.5 Å². The molecular formula is C15H21NO2. The van der Waals surface area contributed by atoms with E-state index in [0.717, 1.165) is 6.42 Å². The van der Waals surface area contributed by atoms with Crippen LogP contribution in [-0.2, 0) is 16.1 Å². The Morgan fingerprint density at radius 2 is 1.94 bits per heavy atom. The zero-order valence-electron chi connectivity index (χ0n) is 11.1. The van der Waals surface area contributed by atoms with Gasteiger partial charge in [0.1, 0.15) is 0 Å². The lowest BCUT2D eigenvalue weighted by molar-refractivity contribution is -0.128. The largest absolute Gasteiger partial charge is 0.373 e. The van der Waals surface area contributed by atoms with Crippen LogP contribution in [0.3, 0.4) is 0 Å². The maximum Gasteiger partial charge on any atom is 0.222 e. The second-order valence-corrected chi connectivity index (χ2v) is 4.30. The van der Waals surface area contributed by atoms with Gasteiger partial charge >= 0.3 is 0 Å². The molecule has 1 aromatic carbocycles. The third kappa shape index (κ3) is 6.21. The number of benzene rings is 1. The number of nitrogens with zero attached hydrogens (tertiary/aromatic N) is 1. The Kier molecular flexibility index (Phi) is 6.81. The lowest BCUT2D eigenvalue weighted by Crippen LogP contribution is -2.20. The fourth-order valence-corrected chi connectivity index (χ4v) is 1.44. The van der Waals surface area contributed by atoms with Crippen LogP contribution >= 0.6 is 0 Å². The highest BCUT2D eigenvalue weighted by molar-refractivity contribution is 5.75. The van der Waals surface area contributed by atoms with Crippen molar-refractivity contribution in [1.29, 1.82) is 0 Å². The Hall–Kier alpha value is -1.61. The normalized spacial score (nSPS) is 10.8. The van der Waals surface area contributed by atoms with Crippen LogP contribution in [0.15, 0.2) is 42.5 Å². The number of rotatable bonds is 7. The van der Waals surface area contributed by atoms with Gasteiger partial charge in [0.2, 0.25) is 5.91 Å². The Balaban J connectivity index is 2.06. The van der Waals surface area contributed by atoms with Gasteiger partial charge < -0.3 is 9.64 Å². The van der Waals surface area contributed by atoms with Crippen molar-refractivity contribution < 1.29 is 9.53 Å². The lowest BCUT2D eigenvalue weighted by atomic mass is 10.2. The van der Waals surface area contributed by atoms with Crippen molar-refractivity contribution in [2.75, 3.05) is 20.7 Å². The maximum atomic E-state index is 11.3. The van der Waals surface area contributed by atoms with Crippen molar-refractivity contribution in [3.63, 3.8) is 0 Å². The molecule has 0 heterocycles. The third-order valence-corrected chi connectivity index (χ3v) is 2.52. The molecule has 0 aromatic heterocycles. The molecule has 0 aliphatic heterocycles. The number of hydrogen-bond donors (Lipinski definition) is 0. The second-order valence-electron chi connectivity index (χ2n) is 4.30. The zero-order chi connectivity index (χ0) is 13.2. The number of amides is 1. The van der Waals surface area contributed by atoms with Gasteiger partial charge in [0, 0.05) is 20.5 Å². The lowest BCUT2D eigenvalue weighted by Gasteiger charge is -2.08. The van der Waals surface area contributed by atoms with Crippen molar-refractivity contribution in [3.8, 4) is 0 Å². The van der Waals surface area contributed by atoms with Crippen molar-refractivity contribution >= 4 is 5.91 Å².